The zero-order valence-corrected chi connectivity index (χ0v) is 10.9. The van der Waals surface area contributed by atoms with Gasteiger partial charge < -0.3 is 10.1 Å². The van der Waals surface area contributed by atoms with Gasteiger partial charge in [-0.1, -0.05) is 13.3 Å². The highest BCUT2D eigenvalue weighted by molar-refractivity contribution is 4.83. The van der Waals surface area contributed by atoms with Crippen LogP contribution >= 0.6 is 0 Å². The molecule has 2 heteroatoms. The van der Waals surface area contributed by atoms with Crippen LogP contribution in [-0.4, -0.2) is 24.8 Å². The second kappa shape index (κ2) is 6.02. The molecule has 0 spiro atoms. The van der Waals surface area contributed by atoms with Crippen LogP contribution in [0.5, 0.6) is 0 Å². The monoisotopic (exact) mass is 225 g/mol. The van der Waals surface area contributed by atoms with E-state index in [9.17, 15) is 0 Å². The van der Waals surface area contributed by atoms with Crippen LogP contribution in [-0.2, 0) is 4.74 Å². The van der Waals surface area contributed by atoms with Crippen molar-refractivity contribution in [1.29, 1.82) is 0 Å². The number of nitrogens with one attached hydrogen (secondary N) is 1. The second-order valence-corrected chi connectivity index (χ2v) is 5.63. The molecule has 0 bridgehead atoms. The number of hydrogen-bond donors (Lipinski definition) is 1. The first kappa shape index (κ1) is 12.4. The minimum atomic E-state index is 0.476. The van der Waals surface area contributed by atoms with Gasteiger partial charge >= 0.3 is 0 Å². The maximum Gasteiger partial charge on any atom is 0.0726 e. The molecule has 1 aliphatic heterocycles. The van der Waals surface area contributed by atoms with Gasteiger partial charge in [-0.05, 0) is 51.4 Å². The molecule has 1 heterocycles. The summed E-state index contributed by atoms with van der Waals surface area (Å²) in [6.45, 7) is 5.59. The lowest BCUT2D eigenvalue weighted by molar-refractivity contribution is 0.0762. The van der Waals surface area contributed by atoms with Crippen LogP contribution in [0.4, 0.5) is 0 Å². The van der Waals surface area contributed by atoms with Crippen molar-refractivity contribution in [3.8, 4) is 0 Å². The summed E-state index contributed by atoms with van der Waals surface area (Å²) in [6, 6.07) is 1.30. The lowest BCUT2D eigenvalue weighted by Crippen LogP contribution is -2.44. The predicted octanol–water partition coefficient (Wildman–Crippen LogP) is 3.11. The summed E-state index contributed by atoms with van der Waals surface area (Å²) in [6.07, 6.45) is 9.93. The third kappa shape index (κ3) is 3.21. The van der Waals surface area contributed by atoms with Crippen molar-refractivity contribution < 1.29 is 4.74 Å². The highest BCUT2D eigenvalue weighted by Gasteiger charge is 2.26. The van der Waals surface area contributed by atoms with Crippen LogP contribution < -0.4 is 5.32 Å². The van der Waals surface area contributed by atoms with Crippen molar-refractivity contribution in [2.75, 3.05) is 6.61 Å². The molecule has 0 aromatic heterocycles. The maximum absolute atomic E-state index is 5.74. The standard InChI is InChI=1S/C14H27NO/c1-3-12-6-8-13(9-7-12)15-11(2)14-5-4-10-16-14/h11-15H,3-10H2,1-2H3. The fourth-order valence-electron chi connectivity index (χ4n) is 3.21. The van der Waals surface area contributed by atoms with Gasteiger partial charge in [0, 0.05) is 18.7 Å². The molecule has 0 radical (unpaired) electrons. The molecule has 0 aromatic carbocycles. The van der Waals surface area contributed by atoms with Gasteiger partial charge in [-0.25, -0.2) is 0 Å². The Kier molecular flexibility index (Phi) is 4.66. The molecular formula is C14H27NO. The predicted molar refractivity (Wildman–Crippen MR) is 67.6 cm³/mol. The molecule has 2 unspecified atom stereocenters. The first-order valence-electron chi connectivity index (χ1n) is 7.17. The zero-order valence-electron chi connectivity index (χ0n) is 10.9. The molecule has 0 amide bonds. The highest BCUT2D eigenvalue weighted by atomic mass is 16.5. The Morgan fingerprint density at radius 2 is 1.94 bits per heavy atom. The molecule has 2 fully saturated rings. The Morgan fingerprint density at radius 3 is 2.50 bits per heavy atom. The van der Waals surface area contributed by atoms with Crippen LogP contribution in [0.1, 0.15) is 58.8 Å². The average Bonchev–Trinajstić information content (AvgIpc) is 2.83. The minimum Gasteiger partial charge on any atom is -0.377 e. The Labute approximate surface area is 100 Å². The van der Waals surface area contributed by atoms with Crippen molar-refractivity contribution in [3.05, 3.63) is 0 Å². The Bertz CT molecular complexity index is 193. The van der Waals surface area contributed by atoms with E-state index < -0.39 is 0 Å². The van der Waals surface area contributed by atoms with Crippen molar-refractivity contribution in [1.82, 2.24) is 5.32 Å². The van der Waals surface area contributed by atoms with Crippen molar-refractivity contribution in [3.63, 3.8) is 0 Å². The molecule has 1 aliphatic carbocycles. The molecule has 0 aromatic rings. The fraction of sp³-hybridized carbons (Fsp3) is 1.00. The third-order valence-electron chi connectivity index (χ3n) is 4.45. The Hall–Kier alpha value is -0.0800. The Morgan fingerprint density at radius 1 is 1.19 bits per heavy atom. The molecule has 2 nitrogen and oxygen atoms in total. The van der Waals surface area contributed by atoms with E-state index in [1.807, 2.05) is 0 Å². The van der Waals surface area contributed by atoms with Gasteiger partial charge in [-0.2, -0.15) is 0 Å². The van der Waals surface area contributed by atoms with Gasteiger partial charge in [-0.3, -0.25) is 0 Å². The quantitative estimate of drug-likeness (QED) is 0.794. The number of rotatable bonds is 4. The molecular weight excluding hydrogens is 198 g/mol. The largest absolute Gasteiger partial charge is 0.377 e. The summed E-state index contributed by atoms with van der Waals surface area (Å²) >= 11 is 0. The van der Waals surface area contributed by atoms with E-state index in [2.05, 4.69) is 19.2 Å². The summed E-state index contributed by atoms with van der Waals surface area (Å²) in [7, 11) is 0. The van der Waals surface area contributed by atoms with E-state index in [1.54, 1.807) is 0 Å². The summed E-state index contributed by atoms with van der Waals surface area (Å²) < 4.78 is 5.74. The van der Waals surface area contributed by atoms with E-state index >= 15 is 0 Å². The molecule has 1 saturated heterocycles. The SMILES string of the molecule is CCC1CCC(NC(C)C2CCCO2)CC1. The van der Waals surface area contributed by atoms with Crippen LogP contribution in [0.15, 0.2) is 0 Å². The van der Waals surface area contributed by atoms with Crippen molar-refractivity contribution >= 4 is 0 Å². The van der Waals surface area contributed by atoms with Gasteiger partial charge in [0.1, 0.15) is 0 Å². The highest BCUT2D eigenvalue weighted by Crippen LogP contribution is 2.27. The first-order valence-corrected chi connectivity index (χ1v) is 7.17. The lowest BCUT2D eigenvalue weighted by Gasteiger charge is -2.32. The number of ether oxygens (including phenoxy) is 1. The van der Waals surface area contributed by atoms with Gasteiger partial charge in [0.05, 0.1) is 6.10 Å². The topological polar surface area (TPSA) is 21.3 Å². The van der Waals surface area contributed by atoms with Gasteiger partial charge in [0.15, 0.2) is 0 Å². The summed E-state index contributed by atoms with van der Waals surface area (Å²) in [5, 5.41) is 3.78. The van der Waals surface area contributed by atoms with Crippen molar-refractivity contribution in [2.45, 2.75) is 77.0 Å². The molecule has 94 valence electrons. The second-order valence-electron chi connectivity index (χ2n) is 5.63. The lowest BCUT2D eigenvalue weighted by atomic mass is 9.84. The normalized spacial score (nSPS) is 37.5. The smallest absolute Gasteiger partial charge is 0.0726 e. The van der Waals surface area contributed by atoms with Gasteiger partial charge in [0.25, 0.3) is 0 Å². The van der Waals surface area contributed by atoms with E-state index in [1.165, 1.54) is 44.9 Å². The molecule has 2 rings (SSSR count). The van der Waals surface area contributed by atoms with Gasteiger partial charge in [0.2, 0.25) is 0 Å². The van der Waals surface area contributed by atoms with E-state index in [-0.39, 0.29) is 0 Å². The summed E-state index contributed by atoms with van der Waals surface area (Å²) in [5.74, 6) is 0.996. The zero-order chi connectivity index (χ0) is 11.4. The molecule has 16 heavy (non-hydrogen) atoms. The average molecular weight is 225 g/mol. The molecule has 2 atom stereocenters. The Balaban J connectivity index is 1.69. The fourth-order valence-corrected chi connectivity index (χ4v) is 3.21. The number of hydrogen-bond acceptors (Lipinski definition) is 2. The van der Waals surface area contributed by atoms with Gasteiger partial charge in [-0.15, -0.1) is 0 Å². The van der Waals surface area contributed by atoms with Crippen LogP contribution in [0, 0.1) is 5.92 Å². The summed E-state index contributed by atoms with van der Waals surface area (Å²) in [5.41, 5.74) is 0. The van der Waals surface area contributed by atoms with E-state index in [0.717, 1.165) is 18.6 Å². The third-order valence-corrected chi connectivity index (χ3v) is 4.45. The summed E-state index contributed by atoms with van der Waals surface area (Å²) in [4.78, 5) is 0. The minimum absolute atomic E-state index is 0.476. The van der Waals surface area contributed by atoms with Crippen LogP contribution in [0.2, 0.25) is 0 Å². The van der Waals surface area contributed by atoms with Crippen LogP contribution in [0.25, 0.3) is 0 Å². The van der Waals surface area contributed by atoms with Crippen molar-refractivity contribution in [2.24, 2.45) is 5.92 Å². The molecule has 2 aliphatic rings. The molecule has 1 saturated carbocycles. The van der Waals surface area contributed by atoms with E-state index in [4.69, 9.17) is 4.74 Å². The van der Waals surface area contributed by atoms with Crippen LogP contribution in [0.3, 0.4) is 0 Å². The molecule has 1 N–H and O–H groups in total. The first-order chi connectivity index (χ1) is 7.79. The maximum atomic E-state index is 5.74. The van der Waals surface area contributed by atoms with E-state index in [0.29, 0.717) is 12.1 Å².